The number of benzene rings is 1. The van der Waals surface area contributed by atoms with Crippen molar-refractivity contribution in [3.8, 4) is 0 Å². The van der Waals surface area contributed by atoms with Crippen LogP contribution in [0.1, 0.15) is 39.7 Å². The fraction of sp³-hybridized carbons (Fsp3) is 0.500. The van der Waals surface area contributed by atoms with E-state index in [2.05, 4.69) is 11.9 Å². The minimum absolute atomic E-state index is 0.287. The van der Waals surface area contributed by atoms with E-state index < -0.39 is 46.9 Å². The van der Waals surface area contributed by atoms with Crippen LogP contribution in [-0.2, 0) is 25.5 Å². The van der Waals surface area contributed by atoms with E-state index in [-0.39, 0.29) is 23.7 Å². The number of esters is 1. The van der Waals surface area contributed by atoms with Gasteiger partial charge in [0.25, 0.3) is 0 Å². The number of hydrogen-bond donors (Lipinski definition) is 3. The average molecular weight is 508 g/mol. The number of hydrogen-bond acceptors (Lipinski definition) is 6. The quantitative estimate of drug-likeness (QED) is 0.428. The molecule has 3 aliphatic rings. The van der Waals surface area contributed by atoms with Crippen LogP contribution >= 0.6 is 0 Å². The molecule has 37 heavy (non-hydrogen) atoms. The van der Waals surface area contributed by atoms with Gasteiger partial charge in [0.2, 0.25) is 5.91 Å². The monoisotopic (exact) mass is 507 g/mol. The van der Waals surface area contributed by atoms with Gasteiger partial charge < -0.3 is 20.3 Å². The van der Waals surface area contributed by atoms with E-state index in [9.17, 15) is 24.6 Å². The van der Waals surface area contributed by atoms with Crippen molar-refractivity contribution in [1.29, 1.82) is 0 Å². The van der Waals surface area contributed by atoms with Crippen molar-refractivity contribution in [2.45, 2.75) is 64.4 Å². The van der Waals surface area contributed by atoms with Crippen LogP contribution in [0.5, 0.6) is 0 Å². The molecule has 0 radical (unpaired) electrons. The van der Waals surface area contributed by atoms with E-state index in [0.29, 0.717) is 18.4 Å². The first kappa shape index (κ1) is 27.0. The standard InChI is InChI=1S/C30H37NO6/c1-17-10-9-13-22-26(33)19(3)18(2)25-23(16-21-11-7-6-8-12-21)31-28(35)30(22,25)24(37-20(4)32)14-15-29(5,36)27(17)34/h6-9,11-15,17-18,22-26,33,36H,3,10,16H2,1-2,4-5H3,(H,31,35)/b13-9+,15-14+. The Bertz CT molecular complexity index is 1140. The van der Waals surface area contributed by atoms with Crippen LogP contribution in [0.2, 0.25) is 0 Å². The first-order chi connectivity index (χ1) is 17.4. The number of Topliss-reactive ketones (excluding diaryl/α,β-unsaturated/α-hetero) is 1. The highest BCUT2D eigenvalue weighted by molar-refractivity contribution is 5.91. The van der Waals surface area contributed by atoms with Crippen molar-refractivity contribution in [2.24, 2.45) is 29.1 Å². The molecule has 2 aliphatic carbocycles. The van der Waals surface area contributed by atoms with E-state index in [1.807, 2.05) is 37.3 Å². The first-order valence-corrected chi connectivity index (χ1v) is 12.9. The molecular weight excluding hydrogens is 470 g/mol. The van der Waals surface area contributed by atoms with Gasteiger partial charge in [0, 0.05) is 30.7 Å². The summed E-state index contributed by atoms with van der Waals surface area (Å²) in [6, 6.07) is 9.49. The third-order valence-corrected chi connectivity index (χ3v) is 8.53. The number of rotatable bonds is 3. The Labute approximate surface area is 218 Å². The lowest BCUT2D eigenvalue weighted by atomic mass is 9.51. The second-order valence-corrected chi connectivity index (χ2v) is 11.0. The van der Waals surface area contributed by atoms with Gasteiger partial charge in [-0.15, -0.1) is 0 Å². The minimum Gasteiger partial charge on any atom is -0.457 e. The molecule has 1 heterocycles. The van der Waals surface area contributed by atoms with Crippen LogP contribution in [0, 0.1) is 29.1 Å². The minimum atomic E-state index is -1.82. The molecular formula is C30H37NO6. The van der Waals surface area contributed by atoms with Crippen LogP contribution in [0.4, 0.5) is 0 Å². The average Bonchev–Trinajstić information content (AvgIpc) is 3.13. The second kappa shape index (κ2) is 10.0. The molecule has 1 amide bonds. The lowest BCUT2D eigenvalue weighted by molar-refractivity contribution is -0.166. The predicted molar refractivity (Wildman–Crippen MR) is 139 cm³/mol. The molecule has 7 heteroatoms. The summed E-state index contributed by atoms with van der Waals surface area (Å²) in [6.45, 7) is 10.5. The van der Waals surface area contributed by atoms with Gasteiger partial charge >= 0.3 is 5.97 Å². The second-order valence-electron chi connectivity index (χ2n) is 11.0. The van der Waals surface area contributed by atoms with Crippen LogP contribution in [0.15, 0.2) is 66.8 Å². The number of nitrogens with one attached hydrogen (secondary N) is 1. The van der Waals surface area contributed by atoms with Gasteiger partial charge in [0.1, 0.15) is 17.1 Å². The van der Waals surface area contributed by atoms with Gasteiger partial charge in [-0.25, -0.2) is 0 Å². The maximum Gasteiger partial charge on any atom is 0.303 e. The Morgan fingerprint density at radius 2 is 1.86 bits per heavy atom. The third-order valence-electron chi connectivity index (χ3n) is 8.53. The Morgan fingerprint density at radius 3 is 2.51 bits per heavy atom. The van der Waals surface area contributed by atoms with Crippen molar-refractivity contribution in [3.63, 3.8) is 0 Å². The zero-order chi connectivity index (χ0) is 27.1. The van der Waals surface area contributed by atoms with Gasteiger partial charge in [-0.2, -0.15) is 0 Å². The number of carbonyl (C=O) groups excluding carboxylic acids is 3. The molecule has 9 unspecified atom stereocenters. The van der Waals surface area contributed by atoms with Gasteiger partial charge in [0.15, 0.2) is 5.78 Å². The van der Waals surface area contributed by atoms with E-state index in [0.717, 1.165) is 5.56 Å². The van der Waals surface area contributed by atoms with E-state index in [4.69, 9.17) is 4.74 Å². The zero-order valence-electron chi connectivity index (χ0n) is 21.9. The number of allylic oxidation sites excluding steroid dienone is 1. The summed E-state index contributed by atoms with van der Waals surface area (Å²) in [6.07, 6.45) is 5.01. The highest BCUT2D eigenvalue weighted by atomic mass is 16.5. The number of ketones is 1. The van der Waals surface area contributed by atoms with Crippen molar-refractivity contribution >= 4 is 17.7 Å². The summed E-state index contributed by atoms with van der Waals surface area (Å²) in [5, 5.41) is 25.7. The van der Waals surface area contributed by atoms with E-state index in [1.54, 1.807) is 19.1 Å². The molecule has 1 aromatic carbocycles. The van der Waals surface area contributed by atoms with Crippen LogP contribution in [0.3, 0.4) is 0 Å². The van der Waals surface area contributed by atoms with Gasteiger partial charge in [-0.3, -0.25) is 14.4 Å². The number of aliphatic hydroxyl groups excluding tert-OH is 1. The van der Waals surface area contributed by atoms with Crippen molar-refractivity contribution < 1.29 is 29.3 Å². The summed E-state index contributed by atoms with van der Waals surface area (Å²) >= 11 is 0. The zero-order valence-corrected chi connectivity index (χ0v) is 21.9. The number of aliphatic hydroxyl groups is 2. The Morgan fingerprint density at radius 1 is 1.19 bits per heavy atom. The normalized spacial score (nSPS) is 41.6. The summed E-state index contributed by atoms with van der Waals surface area (Å²) in [7, 11) is 0. The van der Waals surface area contributed by atoms with Crippen LogP contribution < -0.4 is 5.32 Å². The number of ether oxygens (including phenoxy) is 1. The maximum absolute atomic E-state index is 14.2. The molecule has 1 aromatic rings. The molecule has 9 atom stereocenters. The van der Waals surface area contributed by atoms with Gasteiger partial charge in [-0.1, -0.05) is 62.9 Å². The Balaban J connectivity index is 1.94. The van der Waals surface area contributed by atoms with E-state index >= 15 is 0 Å². The molecule has 1 aliphatic heterocycles. The summed E-state index contributed by atoms with van der Waals surface area (Å²) in [4.78, 5) is 39.5. The smallest absolute Gasteiger partial charge is 0.303 e. The molecule has 3 N–H and O–H groups in total. The van der Waals surface area contributed by atoms with Crippen molar-refractivity contribution in [3.05, 3.63) is 72.4 Å². The first-order valence-electron chi connectivity index (χ1n) is 12.9. The molecule has 4 rings (SSSR count). The molecule has 1 spiro atoms. The summed E-state index contributed by atoms with van der Waals surface area (Å²) in [5.41, 5.74) is -1.55. The Kier molecular flexibility index (Phi) is 7.32. The number of amides is 1. The maximum atomic E-state index is 14.2. The Hall–Kier alpha value is -3.03. The fourth-order valence-corrected chi connectivity index (χ4v) is 6.68. The van der Waals surface area contributed by atoms with Crippen LogP contribution in [-0.4, -0.2) is 51.7 Å². The fourth-order valence-electron chi connectivity index (χ4n) is 6.68. The van der Waals surface area contributed by atoms with E-state index in [1.165, 1.54) is 26.0 Å². The lowest BCUT2D eigenvalue weighted by Crippen LogP contribution is -2.60. The summed E-state index contributed by atoms with van der Waals surface area (Å²) < 4.78 is 5.81. The highest BCUT2D eigenvalue weighted by Crippen LogP contribution is 2.58. The lowest BCUT2D eigenvalue weighted by Gasteiger charge is -2.52. The van der Waals surface area contributed by atoms with Crippen molar-refractivity contribution in [2.75, 3.05) is 0 Å². The summed E-state index contributed by atoms with van der Waals surface area (Å²) in [5.74, 6) is -3.26. The van der Waals surface area contributed by atoms with Crippen molar-refractivity contribution in [1.82, 2.24) is 5.32 Å². The van der Waals surface area contributed by atoms with Gasteiger partial charge in [0.05, 0.1) is 6.10 Å². The SMILES string of the molecule is C=C1C(C)C2C(Cc3ccccc3)NC(=O)C23C(OC(C)=O)/C=C/C(C)(O)C(=O)C(C)C/C=C/C3C1O. The predicted octanol–water partition coefficient (Wildman–Crippen LogP) is 2.92. The molecule has 1 saturated carbocycles. The largest absolute Gasteiger partial charge is 0.457 e. The van der Waals surface area contributed by atoms with Crippen LogP contribution in [0.25, 0.3) is 0 Å². The van der Waals surface area contributed by atoms with Gasteiger partial charge in [-0.05, 0) is 49.0 Å². The molecule has 7 nitrogen and oxygen atoms in total. The molecule has 0 bridgehead atoms. The molecule has 0 aromatic heterocycles. The molecule has 2 fully saturated rings. The third kappa shape index (κ3) is 4.59. The highest BCUT2D eigenvalue weighted by Gasteiger charge is 2.68. The topological polar surface area (TPSA) is 113 Å². The molecule has 198 valence electrons. The molecule has 1 saturated heterocycles. The number of carbonyl (C=O) groups is 3.